The molecule has 9 heteroatoms. The minimum Gasteiger partial charge on any atom is -0.508 e. The molecule has 0 aliphatic heterocycles. The van der Waals surface area contributed by atoms with Gasteiger partial charge in [0.05, 0.1) is 18.6 Å². The average molecular weight is 459 g/mol. The van der Waals surface area contributed by atoms with Gasteiger partial charge in [0.15, 0.2) is 0 Å². The second-order valence-electron chi connectivity index (χ2n) is 7.10. The third-order valence-corrected chi connectivity index (χ3v) is 4.76. The molecule has 0 spiro atoms. The number of hydrogen-bond donors (Lipinski definition) is 2. The Balaban J connectivity index is 0.000000555. The number of phenols is 1. The lowest BCUT2D eigenvalue weighted by Crippen LogP contribution is -2.70. The summed E-state index contributed by atoms with van der Waals surface area (Å²) >= 11 is 0. The fourth-order valence-corrected chi connectivity index (χ4v) is 3.15. The summed E-state index contributed by atoms with van der Waals surface area (Å²) in [6, 6.07) is 23.1. The minimum atomic E-state index is -6.00. The van der Waals surface area contributed by atoms with E-state index >= 15 is 0 Å². The molecule has 0 aliphatic rings. The van der Waals surface area contributed by atoms with Crippen molar-refractivity contribution >= 4 is 23.9 Å². The van der Waals surface area contributed by atoms with E-state index in [1.165, 1.54) is 5.56 Å². The predicted molar refractivity (Wildman–Crippen MR) is 120 cm³/mol. The lowest BCUT2D eigenvalue weighted by Gasteiger charge is -2.06. The molecule has 0 saturated heterocycles. The number of aryl methyl sites for hydroxylation is 1. The first kappa shape index (κ1) is 23.9. The Labute approximate surface area is 187 Å². The number of ether oxygens (including phenoxy) is 1. The van der Waals surface area contributed by atoms with Crippen LogP contribution in [-0.4, -0.2) is 19.5 Å². The quantitative estimate of drug-likeness (QED) is 0.257. The summed E-state index contributed by atoms with van der Waals surface area (Å²) in [6.07, 6.45) is 0.953. The van der Waals surface area contributed by atoms with Gasteiger partial charge in [-0.15, -0.1) is 0 Å². The van der Waals surface area contributed by atoms with E-state index in [1.807, 2.05) is 48.5 Å². The topological polar surface area (TPSA) is 56.6 Å². The van der Waals surface area contributed by atoms with Crippen LogP contribution in [0.25, 0.3) is 22.3 Å². The molecule has 0 unspecified atom stereocenters. The lowest BCUT2D eigenvalue weighted by molar-refractivity contribution is -0.400. The number of nitrogens with one attached hydrogen (secondary N) is 1. The number of hydrogen-bond acceptors (Lipinski definition) is 3. The lowest BCUT2D eigenvalue weighted by atomic mass is 10.1. The van der Waals surface area contributed by atoms with Gasteiger partial charge in [0.1, 0.15) is 22.8 Å². The third kappa shape index (κ3) is 6.87. The van der Waals surface area contributed by atoms with Crippen LogP contribution < -0.4 is 15.1 Å². The van der Waals surface area contributed by atoms with Gasteiger partial charge in [-0.3, -0.25) is 0 Å². The molecule has 0 amide bonds. The van der Waals surface area contributed by atoms with Crippen LogP contribution in [0.4, 0.5) is 23.0 Å². The molecular weight excluding hydrogens is 437 g/mol. The summed E-state index contributed by atoms with van der Waals surface area (Å²) in [5.41, 5.74) is 3.92. The maximum Gasteiger partial charge on any atom is 0.673 e. The first-order valence-corrected chi connectivity index (χ1v) is 10.1. The number of fused-ring (bicyclic) bond motifs is 1. The second-order valence-corrected chi connectivity index (χ2v) is 7.10. The molecule has 0 saturated carbocycles. The number of benzene rings is 3. The van der Waals surface area contributed by atoms with E-state index in [4.69, 9.17) is 9.15 Å². The fourth-order valence-electron chi connectivity index (χ4n) is 3.15. The number of halogens is 4. The zero-order chi connectivity index (χ0) is 24.0. The second kappa shape index (κ2) is 10.2. The van der Waals surface area contributed by atoms with Gasteiger partial charge < -0.3 is 31.5 Å². The van der Waals surface area contributed by atoms with Crippen LogP contribution in [0.2, 0.25) is 0 Å². The van der Waals surface area contributed by atoms with Crippen LogP contribution >= 0.6 is 0 Å². The largest absolute Gasteiger partial charge is 0.673 e. The first-order valence-electron chi connectivity index (χ1n) is 10.1. The molecule has 172 valence electrons. The van der Waals surface area contributed by atoms with Crippen LogP contribution in [0.1, 0.15) is 12.5 Å². The van der Waals surface area contributed by atoms with Gasteiger partial charge in [-0.25, -0.2) is 4.99 Å². The summed E-state index contributed by atoms with van der Waals surface area (Å²) in [6.45, 7) is 2.14. The Morgan fingerprint density at radius 2 is 1.55 bits per heavy atom. The van der Waals surface area contributed by atoms with Crippen molar-refractivity contribution in [2.75, 3.05) is 7.11 Å². The smallest absolute Gasteiger partial charge is 0.508 e. The molecule has 0 atom stereocenters. The summed E-state index contributed by atoms with van der Waals surface area (Å²) in [5.74, 6) is 1.81. The molecule has 4 aromatic rings. The van der Waals surface area contributed by atoms with Crippen molar-refractivity contribution in [3.63, 3.8) is 0 Å². The van der Waals surface area contributed by atoms with Crippen molar-refractivity contribution in [3.05, 3.63) is 83.7 Å². The van der Waals surface area contributed by atoms with Crippen molar-refractivity contribution < 1.29 is 36.5 Å². The molecule has 4 rings (SSSR count). The van der Waals surface area contributed by atoms with E-state index in [9.17, 15) is 22.4 Å². The minimum absolute atomic E-state index is 0.241. The van der Waals surface area contributed by atoms with Gasteiger partial charge in [-0.1, -0.05) is 13.0 Å². The Morgan fingerprint density at radius 3 is 2.12 bits per heavy atom. The highest BCUT2D eigenvalue weighted by atomic mass is 19.5. The van der Waals surface area contributed by atoms with Gasteiger partial charge in [0, 0.05) is 17.7 Å². The van der Waals surface area contributed by atoms with Crippen LogP contribution in [0.15, 0.2) is 77.2 Å². The molecule has 0 fully saturated rings. The normalized spacial score (nSPS) is 11.8. The highest BCUT2D eigenvalue weighted by molar-refractivity contribution is 6.50. The van der Waals surface area contributed by atoms with E-state index in [2.05, 4.69) is 24.0 Å². The molecule has 0 bridgehead atoms. The van der Waals surface area contributed by atoms with E-state index < -0.39 is 7.25 Å². The average Bonchev–Trinajstić information content (AvgIpc) is 2.79. The standard InChI is InChI=1S/C24H21NO3.BF4/c1-3-16-4-13-23-21(14-16)22(25-18-7-9-19(26)10-8-18)15-24(28-23)17-5-11-20(27-2)12-6-17;2-1(3,4)5/h4-15,26H,3H2,1-2H3;/q;-1/p+1. The molecule has 0 aliphatic carbocycles. The third-order valence-electron chi connectivity index (χ3n) is 4.76. The number of rotatable bonds is 4. The van der Waals surface area contributed by atoms with Crippen molar-refractivity contribution in [1.82, 2.24) is 0 Å². The zero-order valence-corrected chi connectivity index (χ0v) is 18.0. The highest BCUT2D eigenvalue weighted by Crippen LogP contribution is 2.24. The van der Waals surface area contributed by atoms with Gasteiger partial charge >= 0.3 is 7.25 Å². The van der Waals surface area contributed by atoms with Gasteiger partial charge in [-0.05, 0) is 60.5 Å². The van der Waals surface area contributed by atoms with E-state index in [-0.39, 0.29) is 5.75 Å². The van der Waals surface area contributed by atoms with Crippen LogP contribution in [0.5, 0.6) is 11.5 Å². The van der Waals surface area contributed by atoms with E-state index in [1.54, 1.807) is 19.2 Å². The van der Waals surface area contributed by atoms with Gasteiger partial charge in [-0.2, -0.15) is 0 Å². The molecule has 1 heterocycles. The van der Waals surface area contributed by atoms with Crippen molar-refractivity contribution in [1.29, 1.82) is 0 Å². The van der Waals surface area contributed by atoms with Crippen molar-refractivity contribution in [2.24, 2.45) is 0 Å². The molecule has 33 heavy (non-hydrogen) atoms. The fraction of sp³-hybridized carbons (Fsp3) is 0.125. The zero-order valence-electron chi connectivity index (χ0n) is 18.0. The van der Waals surface area contributed by atoms with Crippen LogP contribution in [0, 0.1) is 0 Å². The van der Waals surface area contributed by atoms with E-state index in [0.29, 0.717) is 0 Å². The molecule has 4 nitrogen and oxygen atoms in total. The molecule has 1 aromatic heterocycles. The summed E-state index contributed by atoms with van der Waals surface area (Å²) in [5, 5.41) is 11.5. The van der Waals surface area contributed by atoms with Crippen LogP contribution in [-0.2, 0) is 6.42 Å². The summed E-state index contributed by atoms with van der Waals surface area (Å²) < 4.78 is 50.4. The molecular formula is C24H22BF4NO3. The van der Waals surface area contributed by atoms with Crippen LogP contribution in [0.3, 0.4) is 0 Å². The van der Waals surface area contributed by atoms with Crippen molar-refractivity contribution in [3.8, 4) is 22.8 Å². The maximum atomic E-state index is 9.75. The Kier molecular flexibility index (Phi) is 7.42. The Hall–Kier alpha value is -3.75. The number of phenolic OH excluding ortho intramolecular Hbond substituents is 1. The molecule has 3 aromatic carbocycles. The van der Waals surface area contributed by atoms with Gasteiger partial charge in [0.2, 0.25) is 11.0 Å². The Bertz CT molecular complexity index is 1280. The molecule has 2 N–H and O–H groups in total. The Morgan fingerprint density at radius 1 is 0.909 bits per heavy atom. The summed E-state index contributed by atoms with van der Waals surface area (Å²) in [7, 11) is -4.35. The highest BCUT2D eigenvalue weighted by Gasteiger charge is 2.20. The number of aromatic hydroxyl groups is 1. The van der Waals surface area contributed by atoms with Crippen molar-refractivity contribution in [2.45, 2.75) is 13.3 Å². The molecule has 0 radical (unpaired) electrons. The predicted octanol–water partition coefficient (Wildman–Crippen LogP) is 4.99. The maximum absolute atomic E-state index is 9.75. The number of methoxy groups -OCH3 is 1. The van der Waals surface area contributed by atoms with E-state index in [0.717, 1.165) is 45.5 Å². The van der Waals surface area contributed by atoms with Gasteiger partial charge in [0.25, 0.3) is 0 Å². The summed E-state index contributed by atoms with van der Waals surface area (Å²) in [4.78, 5) is 3.46. The first-order chi connectivity index (χ1) is 15.7. The SMILES string of the molecule is CCc1ccc2oc(-c3ccc(OC)cc3)cc(=[NH+]c3ccc(O)cc3)c2c1.F[B-](F)(F)F. The monoisotopic (exact) mass is 459 g/mol.